The quantitative estimate of drug-likeness (QED) is 0.769. The third-order valence-electron chi connectivity index (χ3n) is 3.36. The molecule has 3 heteroatoms. The molecule has 2 nitrogen and oxygen atoms in total. The number of thiol groups is 1. The normalized spacial score (nSPS) is 21.7. The zero-order valence-electron chi connectivity index (χ0n) is 8.53. The first-order chi connectivity index (χ1) is 7.34. The summed E-state index contributed by atoms with van der Waals surface area (Å²) in [5.74, 6) is 1.90. The Bertz CT molecular complexity index is 380. The van der Waals surface area contributed by atoms with E-state index in [0.717, 1.165) is 37.7 Å². The Labute approximate surface area is 95.0 Å². The van der Waals surface area contributed by atoms with Crippen molar-refractivity contribution in [2.75, 3.05) is 25.6 Å². The Morgan fingerprint density at radius 1 is 1.33 bits per heavy atom. The molecule has 3 rings (SSSR count). The van der Waals surface area contributed by atoms with Crippen LogP contribution in [0.5, 0.6) is 5.75 Å². The predicted octanol–water partition coefficient (Wildman–Crippen LogP) is 1.82. The maximum absolute atomic E-state index is 5.50. The summed E-state index contributed by atoms with van der Waals surface area (Å²) in [6.07, 6.45) is 1.03. The molecule has 2 aliphatic rings. The van der Waals surface area contributed by atoms with Gasteiger partial charge in [-0.15, -0.1) is 0 Å². The van der Waals surface area contributed by atoms with Crippen LogP contribution in [0, 0.1) is 0 Å². The molecular weight excluding hydrogens is 208 g/mol. The van der Waals surface area contributed by atoms with Crippen molar-refractivity contribution in [3.05, 3.63) is 29.3 Å². The van der Waals surface area contributed by atoms with Gasteiger partial charge in [0, 0.05) is 12.2 Å². The van der Waals surface area contributed by atoms with Crippen LogP contribution in [0.3, 0.4) is 0 Å². The predicted molar refractivity (Wildman–Crippen MR) is 62.0 cm³/mol. The van der Waals surface area contributed by atoms with Crippen LogP contribution >= 0.6 is 12.6 Å². The van der Waals surface area contributed by atoms with E-state index in [9.17, 15) is 0 Å². The minimum absolute atomic E-state index is 0.154. The van der Waals surface area contributed by atoms with E-state index >= 15 is 0 Å². The maximum atomic E-state index is 5.50. The number of rotatable bonds is 2. The minimum Gasteiger partial charge on any atom is -0.493 e. The van der Waals surface area contributed by atoms with Gasteiger partial charge in [0.1, 0.15) is 5.75 Å². The zero-order chi connectivity index (χ0) is 10.3. The van der Waals surface area contributed by atoms with Crippen LogP contribution in [-0.4, -0.2) is 25.6 Å². The van der Waals surface area contributed by atoms with Gasteiger partial charge < -0.3 is 9.47 Å². The number of fused-ring (bicyclic) bond motifs is 1. The van der Waals surface area contributed by atoms with Gasteiger partial charge in [-0.25, -0.2) is 0 Å². The van der Waals surface area contributed by atoms with Crippen molar-refractivity contribution >= 4 is 12.6 Å². The lowest BCUT2D eigenvalue weighted by atomic mass is 9.80. The maximum Gasteiger partial charge on any atom is 0.122 e. The fraction of sp³-hybridized carbons (Fsp3) is 0.500. The van der Waals surface area contributed by atoms with Crippen LogP contribution in [0.4, 0.5) is 0 Å². The molecule has 1 aromatic rings. The van der Waals surface area contributed by atoms with Gasteiger partial charge in [-0.1, -0.05) is 12.1 Å². The summed E-state index contributed by atoms with van der Waals surface area (Å²) in [5, 5.41) is 0. The van der Waals surface area contributed by atoms with E-state index in [-0.39, 0.29) is 5.41 Å². The van der Waals surface area contributed by atoms with E-state index in [2.05, 4.69) is 30.8 Å². The average Bonchev–Trinajstić information content (AvgIpc) is 2.64. The van der Waals surface area contributed by atoms with Crippen LogP contribution in [0.1, 0.15) is 11.1 Å². The van der Waals surface area contributed by atoms with Gasteiger partial charge >= 0.3 is 0 Å². The highest BCUT2D eigenvalue weighted by Crippen LogP contribution is 2.37. The van der Waals surface area contributed by atoms with E-state index in [4.69, 9.17) is 9.47 Å². The van der Waals surface area contributed by atoms with Crippen molar-refractivity contribution < 1.29 is 9.47 Å². The Morgan fingerprint density at radius 3 is 2.87 bits per heavy atom. The first kappa shape index (κ1) is 9.55. The summed E-state index contributed by atoms with van der Waals surface area (Å²) < 4.78 is 10.8. The minimum atomic E-state index is 0.154. The van der Waals surface area contributed by atoms with Gasteiger partial charge in [0.15, 0.2) is 0 Å². The molecule has 0 aromatic heterocycles. The number of hydrogen-bond donors (Lipinski definition) is 1. The topological polar surface area (TPSA) is 18.5 Å². The number of ether oxygens (including phenoxy) is 2. The average molecular weight is 222 g/mol. The second-order valence-corrected chi connectivity index (χ2v) is 4.67. The number of hydrogen-bond acceptors (Lipinski definition) is 3. The van der Waals surface area contributed by atoms with E-state index < -0.39 is 0 Å². The largest absolute Gasteiger partial charge is 0.493 e. The second-order valence-electron chi connectivity index (χ2n) is 4.35. The zero-order valence-corrected chi connectivity index (χ0v) is 9.43. The molecule has 0 saturated carbocycles. The summed E-state index contributed by atoms with van der Waals surface area (Å²) in [6.45, 7) is 2.43. The SMILES string of the molecule is SCC1(c2ccc3c(c2)CCO3)COC1. The molecule has 0 atom stereocenters. The highest BCUT2D eigenvalue weighted by atomic mass is 32.1. The van der Waals surface area contributed by atoms with Crippen LogP contribution in [-0.2, 0) is 16.6 Å². The van der Waals surface area contributed by atoms with Crippen molar-refractivity contribution in [1.29, 1.82) is 0 Å². The lowest BCUT2D eigenvalue weighted by Gasteiger charge is -2.41. The first-order valence-corrected chi connectivity index (χ1v) is 5.92. The Balaban J connectivity index is 1.98. The first-order valence-electron chi connectivity index (χ1n) is 5.29. The van der Waals surface area contributed by atoms with Crippen LogP contribution in [0.2, 0.25) is 0 Å². The third-order valence-corrected chi connectivity index (χ3v) is 3.97. The molecule has 1 aromatic carbocycles. The fourth-order valence-corrected chi connectivity index (χ4v) is 2.58. The molecule has 0 radical (unpaired) electrons. The summed E-state index contributed by atoms with van der Waals surface area (Å²) in [5.41, 5.74) is 2.84. The molecule has 1 saturated heterocycles. The van der Waals surface area contributed by atoms with Crippen LogP contribution in [0.25, 0.3) is 0 Å². The van der Waals surface area contributed by atoms with Crippen molar-refractivity contribution in [2.45, 2.75) is 11.8 Å². The molecule has 80 valence electrons. The summed E-state index contributed by atoms with van der Waals surface area (Å²) in [6, 6.07) is 6.51. The van der Waals surface area contributed by atoms with Crippen LogP contribution < -0.4 is 4.74 Å². The molecular formula is C12H14O2S. The molecule has 0 aliphatic carbocycles. The van der Waals surface area contributed by atoms with Crippen molar-refractivity contribution in [3.63, 3.8) is 0 Å². The molecule has 0 amide bonds. The molecule has 1 fully saturated rings. The van der Waals surface area contributed by atoms with E-state index in [0.29, 0.717) is 0 Å². The second kappa shape index (κ2) is 3.42. The molecule has 0 bridgehead atoms. The highest BCUT2D eigenvalue weighted by Gasteiger charge is 2.39. The molecule has 2 heterocycles. The van der Waals surface area contributed by atoms with Gasteiger partial charge in [-0.05, 0) is 17.2 Å². The van der Waals surface area contributed by atoms with Gasteiger partial charge in [-0.2, -0.15) is 12.6 Å². The van der Waals surface area contributed by atoms with E-state index in [1.54, 1.807) is 0 Å². The molecule has 0 unspecified atom stereocenters. The summed E-state index contributed by atoms with van der Waals surface area (Å²) >= 11 is 4.44. The Morgan fingerprint density at radius 2 is 2.20 bits per heavy atom. The molecule has 0 spiro atoms. The van der Waals surface area contributed by atoms with Crippen molar-refractivity contribution in [2.24, 2.45) is 0 Å². The number of benzene rings is 1. The lowest BCUT2D eigenvalue weighted by molar-refractivity contribution is -0.0471. The van der Waals surface area contributed by atoms with Crippen molar-refractivity contribution in [1.82, 2.24) is 0 Å². The van der Waals surface area contributed by atoms with Gasteiger partial charge in [-0.3, -0.25) is 0 Å². The lowest BCUT2D eigenvalue weighted by Crippen LogP contribution is -2.48. The molecule has 15 heavy (non-hydrogen) atoms. The Kier molecular flexibility index (Phi) is 2.18. The molecule has 0 N–H and O–H groups in total. The fourth-order valence-electron chi connectivity index (χ4n) is 2.21. The van der Waals surface area contributed by atoms with Gasteiger partial charge in [0.2, 0.25) is 0 Å². The smallest absolute Gasteiger partial charge is 0.122 e. The van der Waals surface area contributed by atoms with E-state index in [1.165, 1.54) is 11.1 Å². The highest BCUT2D eigenvalue weighted by molar-refractivity contribution is 7.80. The third kappa shape index (κ3) is 1.37. The van der Waals surface area contributed by atoms with Crippen LogP contribution in [0.15, 0.2) is 18.2 Å². The summed E-state index contributed by atoms with van der Waals surface area (Å²) in [4.78, 5) is 0. The summed E-state index contributed by atoms with van der Waals surface area (Å²) in [7, 11) is 0. The van der Waals surface area contributed by atoms with Gasteiger partial charge in [0.05, 0.1) is 25.2 Å². The van der Waals surface area contributed by atoms with Gasteiger partial charge in [0.25, 0.3) is 0 Å². The van der Waals surface area contributed by atoms with E-state index in [1.807, 2.05) is 0 Å². The monoisotopic (exact) mass is 222 g/mol. The standard InChI is InChI=1S/C12H14O2S/c15-8-12(6-13-7-12)10-1-2-11-9(5-10)3-4-14-11/h1-2,5,15H,3-4,6-8H2. The Hall–Kier alpha value is -0.670. The van der Waals surface area contributed by atoms with Crippen molar-refractivity contribution in [3.8, 4) is 5.75 Å². The molecule has 2 aliphatic heterocycles.